The van der Waals surface area contributed by atoms with Crippen molar-refractivity contribution in [1.29, 1.82) is 0 Å². The van der Waals surface area contributed by atoms with Crippen LogP contribution in [-0.4, -0.2) is 11.8 Å². The Balaban J connectivity index is 1.87. The molecule has 30 heavy (non-hydrogen) atoms. The fourth-order valence-corrected chi connectivity index (χ4v) is 3.95. The van der Waals surface area contributed by atoms with Crippen LogP contribution in [0.5, 0.6) is 0 Å². The lowest BCUT2D eigenvalue weighted by Crippen LogP contribution is -2.33. The van der Waals surface area contributed by atoms with E-state index in [1.54, 1.807) is 6.07 Å². The number of benzene rings is 3. The zero-order chi connectivity index (χ0) is 21.4. The number of para-hydroxylation sites is 1. The zero-order valence-corrected chi connectivity index (χ0v) is 18.6. The first-order valence-corrected chi connectivity index (χ1v) is 10.4. The smallest absolute Gasteiger partial charge is 0.282 e. The molecule has 2 amide bonds. The molecule has 0 bridgehead atoms. The predicted molar refractivity (Wildman–Crippen MR) is 124 cm³/mol. The minimum absolute atomic E-state index is 0.282. The number of aryl methyl sites for hydroxylation is 3. The Hall–Kier alpha value is -3.18. The van der Waals surface area contributed by atoms with Gasteiger partial charge in [-0.1, -0.05) is 58.4 Å². The third kappa shape index (κ3) is 3.57. The summed E-state index contributed by atoms with van der Waals surface area (Å²) in [5.41, 5.74) is 5.78. The molecule has 1 heterocycles. The Morgan fingerprint density at radius 2 is 1.53 bits per heavy atom. The number of hydrogen-bond donors (Lipinski definition) is 1. The van der Waals surface area contributed by atoms with E-state index < -0.39 is 0 Å². The molecule has 0 aliphatic carbocycles. The maximum Gasteiger partial charge on any atom is 0.282 e. The van der Waals surface area contributed by atoms with Gasteiger partial charge in [0.05, 0.1) is 11.3 Å². The lowest BCUT2D eigenvalue weighted by Gasteiger charge is -2.17. The summed E-state index contributed by atoms with van der Waals surface area (Å²) in [5.74, 6) is -0.683. The van der Waals surface area contributed by atoms with Gasteiger partial charge in [-0.15, -0.1) is 0 Å². The van der Waals surface area contributed by atoms with Crippen molar-refractivity contribution in [2.24, 2.45) is 0 Å². The Bertz CT molecular complexity index is 1210. The van der Waals surface area contributed by atoms with Crippen molar-refractivity contribution in [3.05, 3.63) is 99.2 Å². The molecule has 0 aromatic heterocycles. The molecule has 150 valence electrons. The number of carbonyl (C=O) groups is 2. The van der Waals surface area contributed by atoms with Crippen LogP contribution in [0.3, 0.4) is 0 Å². The predicted octanol–water partition coefficient (Wildman–Crippen LogP) is 5.77. The normalized spacial score (nSPS) is 13.9. The van der Waals surface area contributed by atoms with Crippen molar-refractivity contribution >= 4 is 44.7 Å². The van der Waals surface area contributed by atoms with Crippen molar-refractivity contribution in [2.75, 3.05) is 10.2 Å². The maximum atomic E-state index is 13.5. The van der Waals surface area contributed by atoms with E-state index in [0.717, 1.165) is 32.4 Å². The van der Waals surface area contributed by atoms with Crippen LogP contribution in [-0.2, 0) is 9.59 Å². The Morgan fingerprint density at radius 1 is 0.767 bits per heavy atom. The first-order valence-electron chi connectivity index (χ1n) is 9.65. The highest BCUT2D eigenvalue weighted by Gasteiger charge is 2.40. The van der Waals surface area contributed by atoms with Crippen LogP contribution in [0.1, 0.15) is 22.3 Å². The quantitative estimate of drug-likeness (QED) is 0.502. The van der Waals surface area contributed by atoms with E-state index in [0.29, 0.717) is 11.3 Å². The minimum Gasteiger partial charge on any atom is -0.350 e. The summed E-state index contributed by atoms with van der Waals surface area (Å²) in [6.45, 7) is 5.92. The van der Waals surface area contributed by atoms with Crippen molar-refractivity contribution < 1.29 is 9.59 Å². The molecule has 0 radical (unpaired) electrons. The molecule has 0 fully saturated rings. The topological polar surface area (TPSA) is 49.4 Å². The van der Waals surface area contributed by atoms with Gasteiger partial charge in [0.25, 0.3) is 11.8 Å². The summed E-state index contributed by atoms with van der Waals surface area (Å²) in [6, 6.07) is 20.8. The van der Waals surface area contributed by atoms with E-state index in [-0.39, 0.29) is 17.5 Å². The minimum atomic E-state index is -0.359. The molecule has 1 N–H and O–H groups in total. The first-order chi connectivity index (χ1) is 14.4. The van der Waals surface area contributed by atoms with Crippen LogP contribution in [0.4, 0.5) is 11.4 Å². The summed E-state index contributed by atoms with van der Waals surface area (Å²) in [6.07, 6.45) is 0. The number of carbonyl (C=O) groups excluding carboxylic acids is 2. The second-order valence-electron chi connectivity index (χ2n) is 7.42. The highest BCUT2D eigenvalue weighted by atomic mass is 79.9. The molecule has 0 unspecified atom stereocenters. The third-order valence-corrected chi connectivity index (χ3v) is 5.82. The number of nitrogens with zero attached hydrogens (tertiary/aromatic N) is 1. The Morgan fingerprint density at radius 3 is 2.23 bits per heavy atom. The summed E-state index contributed by atoms with van der Waals surface area (Å²) in [5, 5.41) is 3.20. The fraction of sp³-hybridized carbons (Fsp3) is 0.120. The standard InChI is InChI=1S/C25H21BrN2O2/c1-15-11-12-18(13-17(15)3)22-23(27-20-9-6-8-19(26)14-20)25(30)28(24(22)29)21-10-5-4-7-16(21)2/h4-14,27H,1-3H3. The van der Waals surface area contributed by atoms with E-state index in [9.17, 15) is 9.59 Å². The number of anilines is 2. The number of imide groups is 1. The molecule has 0 saturated heterocycles. The molecule has 1 aliphatic rings. The maximum absolute atomic E-state index is 13.5. The highest BCUT2D eigenvalue weighted by Crippen LogP contribution is 2.35. The van der Waals surface area contributed by atoms with Gasteiger partial charge in [0, 0.05) is 10.2 Å². The number of nitrogens with one attached hydrogen (secondary N) is 1. The Kier molecular flexibility index (Phi) is 5.31. The molecule has 0 saturated carbocycles. The van der Waals surface area contributed by atoms with Gasteiger partial charge in [0.1, 0.15) is 5.70 Å². The third-order valence-electron chi connectivity index (χ3n) is 5.33. The van der Waals surface area contributed by atoms with E-state index in [4.69, 9.17) is 0 Å². The van der Waals surface area contributed by atoms with Gasteiger partial charge in [-0.2, -0.15) is 0 Å². The molecule has 4 rings (SSSR count). The van der Waals surface area contributed by atoms with Crippen LogP contribution in [0.15, 0.2) is 76.9 Å². The largest absolute Gasteiger partial charge is 0.350 e. The van der Waals surface area contributed by atoms with E-state index in [2.05, 4.69) is 21.2 Å². The second kappa shape index (κ2) is 7.92. The number of amides is 2. The lowest BCUT2D eigenvalue weighted by atomic mass is 9.99. The number of rotatable bonds is 4. The average molecular weight is 461 g/mol. The van der Waals surface area contributed by atoms with Gasteiger partial charge >= 0.3 is 0 Å². The van der Waals surface area contributed by atoms with Crippen LogP contribution in [0.25, 0.3) is 5.57 Å². The molecule has 0 atom stereocenters. The van der Waals surface area contributed by atoms with Crippen molar-refractivity contribution in [3.8, 4) is 0 Å². The summed E-state index contributed by atoms with van der Waals surface area (Å²) in [7, 11) is 0. The molecule has 3 aromatic carbocycles. The first kappa shape index (κ1) is 20.1. The van der Waals surface area contributed by atoms with Crippen LogP contribution >= 0.6 is 15.9 Å². The molecule has 4 nitrogen and oxygen atoms in total. The highest BCUT2D eigenvalue weighted by molar-refractivity contribution is 9.10. The molecular weight excluding hydrogens is 440 g/mol. The van der Waals surface area contributed by atoms with Crippen LogP contribution in [0, 0.1) is 20.8 Å². The van der Waals surface area contributed by atoms with Gasteiger partial charge in [-0.25, -0.2) is 4.90 Å². The zero-order valence-electron chi connectivity index (χ0n) is 17.0. The second-order valence-corrected chi connectivity index (χ2v) is 8.33. The Labute approximate surface area is 184 Å². The summed E-state index contributed by atoms with van der Waals surface area (Å²) in [4.78, 5) is 28.3. The molecule has 0 spiro atoms. The molecule has 3 aromatic rings. The van der Waals surface area contributed by atoms with Crippen molar-refractivity contribution in [1.82, 2.24) is 0 Å². The molecule has 5 heteroatoms. The number of hydrogen-bond acceptors (Lipinski definition) is 3. The summed E-state index contributed by atoms with van der Waals surface area (Å²) >= 11 is 3.46. The van der Waals surface area contributed by atoms with Crippen molar-refractivity contribution in [3.63, 3.8) is 0 Å². The van der Waals surface area contributed by atoms with Crippen LogP contribution < -0.4 is 10.2 Å². The number of halogens is 1. The SMILES string of the molecule is Cc1ccc(C2=C(Nc3cccc(Br)c3)C(=O)N(c3ccccc3C)C2=O)cc1C. The van der Waals surface area contributed by atoms with Crippen LogP contribution in [0.2, 0.25) is 0 Å². The van der Waals surface area contributed by atoms with E-state index >= 15 is 0 Å². The van der Waals surface area contributed by atoms with Gasteiger partial charge in [-0.05, 0) is 67.3 Å². The molecule has 1 aliphatic heterocycles. The monoisotopic (exact) mass is 460 g/mol. The fourth-order valence-electron chi connectivity index (χ4n) is 3.55. The summed E-state index contributed by atoms with van der Waals surface area (Å²) < 4.78 is 0.883. The van der Waals surface area contributed by atoms with Gasteiger partial charge in [0.2, 0.25) is 0 Å². The average Bonchev–Trinajstić information content (AvgIpc) is 2.94. The molecular formula is C25H21BrN2O2. The van der Waals surface area contributed by atoms with Gasteiger partial charge < -0.3 is 5.32 Å². The lowest BCUT2D eigenvalue weighted by molar-refractivity contribution is -0.120. The van der Waals surface area contributed by atoms with E-state index in [1.165, 1.54) is 4.90 Å². The van der Waals surface area contributed by atoms with E-state index in [1.807, 2.05) is 81.4 Å². The van der Waals surface area contributed by atoms with Gasteiger partial charge in [0.15, 0.2) is 0 Å². The van der Waals surface area contributed by atoms with Crippen molar-refractivity contribution in [2.45, 2.75) is 20.8 Å². The van der Waals surface area contributed by atoms with Gasteiger partial charge in [-0.3, -0.25) is 9.59 Å².